The second kappa shape index (κ2) is 2.70. The second-order valence-corrected chi connectivity index (χ2v) is 2.09. The van der Waals surface area contributed by atoms with Gasteiger partial charge in [0.2, 0.25) is 0 Å². The summed E-state index contributed by atoms with van der Waals surface area (Å²) in [5.41, 5.74) is 0.426. The molecule has 0 aromatic rings. The number of hydrogen-bond acceptors (Lipinski definition) is 2. The molecule has 2 atom stereocenters. The van der Waals surface area contributed by atoms with Gasteiger partial charge in [0.25, 0.3) is 0 Å². The van der Waals surface area contributed by atoms with Gasteiger partial charge in [0.15, 0.2) is 0 Å². The fourth-order valence-corrected chi connectivity index (χ4v) is 0.794. The van der Waals surface area contributed by atoms with Gasteiger partial charge < -0.3 is 10.2 Å². The molecule has 10 heavy (non-hydrogen) atoms. The zero-order valence-electron chi connectivity index (χ0n) is 5.36. The largest absolute Gasteiger partial charge is 0.386 e. The maximum Gasteiger partial charge on any atom is 0.116 e. The molecular formula is C8H8O2. The molecule has 0 aromatic carbocycles. The van der Waals surface area contributed by atoms with Crippen molar-refractivity contribution in [2.75, 3.05) is 0 Å². The Kier molecular flexibility index (Phi) is 1.91. The maximum atomic E-state index is 9.13. The monoisotopic (exact) mass is 136 g/mol. The van der Waals surface area contributed by atoms with Crippen molar-refractivity contribution in [3.63, 3.8) is 0 Å². The maximum absolute atomic E-state index is 9.13. The summed E-state index contributed by atoms with van der Waals surface area (Å²) >= 11 is 0. The molecule has 0 radical (unpaired) electrons. The Hall–Kier alpha value is -1.04. The van der Waals surface area contributed by atoms with Gasteiger partial charge in [0.05, 0.1) is 0 Å². The normalized spacial score (nSPS) is 31.1. The molecule has 2 heteroatoms. The summed E-state index contributed by atoms with van der Waals surface area (Å²) in [6, 6.07) is 0. The van der Waals surface area contributed by atoms with Crippen LogP contribution in [0.5, 0.6) is 0 Å². The quantitative estimate of drug-likeness (QED) is 0.454. The van der Waals surface area contributed by atoms with Gasteiger partial charge >= 0.3 is 0 Å². The molecule has 0 unspecified atom stereocenters. The molecule has 0 heterocycles. The summed E-state index contributed by atoms with van der Waals surface area (Å²) in [7, 11) is 0. The van der Waals surface area contributed by atoms with Gasteiger partial charge in [-0.25, -0.2) is 0 Å². The van der Waals surface area contributed by atoms with Crippen LogP contribution < -0.4 is 0 Å². The Morgan fingerprint density at radius 2 is 2.20 bits per heavy atom. The molecule has 0 spiro atoms. The number of rotatable bonds is 0. The fraction of sp³-hybridized carbons (Fsp3) is 0.250. The van der Waals surface area contributed by atoms with Gasteiger partial charge in [0, 0.05) is 5.57 Å². The zero-order valence-corrected chi connectivity index (χ0v) is 5.36. The molecule has 1 aliphatic carbocycles. The summed E-state index contributed by atoms with van der Waals surface area (Å²) in [4.78, 5) is 0. The van der Waals surface area contributed by atoms with Crippen molar-refractivity contribution in [2.45, 2.75) is 12.2 Å². The van der Waals surface area contributed by atoms with Gasteiger partial charge in [-0.15, -0.1) is 6.42 Å². The van der Waals surface area contributed by atoms with E-state index in [4.69, 9.17) is 16.6 Å². The molecule has 1 aliphatic rings. The van der Waals surface area contributed by atoms with E-state index in [-0.39, 0.29) is 0 Å². The standard InChI is InChI=1S/C8H8O2/c1-2-6-4-3-5-7(9)8(6)10/h1,3-5,7-10H/t7-,8+/m1/s1. The van der Waals surface area contributed by atoms with E-state index in [1.807, 2.05) is 0 Å². The third-order valence-electron chi connectivity index (χ3n) is 1.39. The average molecular weight is 136 g/mol. The highest BCUT2D eigenvalue weighted by molar-refractivity contribution is 5.37. The fourth-order valence-electron chi connectivity index (χ4n) is 0.794. The van der Waals surface area contributed by atoms with Crippen molar-refractivity contribution in [1.82, 2.24) is 0 Å². The van der Waals surface area contributed by atoms with E-state index in [0.717, 1.165) is 0 Å². The molecule has 0 saturated heterocycles. The third kappa shape index (κ3) is 1.10. The van der Waals surface area contributed by atoms with Crippen LogP contribution in [0.4, 0.5) is 0 Å². The molecule has 0 amide bonds. The average Bonchev–Trinajstić information content (AvgIpc) is 1.95. The van der Waals surface area contributed by atoms with Crippen LogP contribution in [0.1, 0.15) is 0 Å². The van der Waals surface area contributed by atoms with E-state index >= 15 is 0 Å². The van der Waals surface area contributed by atoms with E-state index in [1.54, 1.807) is 12.2 Å². The van der Waals surface area contributed by atoms with Crippen LogP contribution in [-0.2, 0) is 0 Å². The van der Waals surface area contributed by atoms with Gasteiger partial charge in [0.1, 0.15) is 12.2 Å². The first kappa shape index (κ1) is 7.07. The first-order valence-corrected chi connectivity index (χ1v) is 2.97. The van der Waals surface area contributed by atoms with Gasteiger partial charge in [-0.05, 0) is 6.08 Å². The lowest BCUT2D eigenvalue weighted by Crippen LogP contribution is -2.27. The molecule has 1 rings (SSSR count). The predicted octanol–water partition coefficient (Wildman–Crippen LogP) is -0.162. The number of aliphatic hydroxyl groups excluding tert-OH is 2. The molecule has 0 aromatic heterocycles. The second-order valence-electron chi connectivity index (χ2n) is 2.09. The predicted molar refractivity (Wildman–Crippen MR) is 38.1 cm³/mol. The van der Waals surface area contributed by atoms with Gasteiger partial charge in [-0.3, -0.25) is 0 Å². The number of aliphatic hydroxyl groups is 2. The van der Waals surface area contributed by atoms with E-state index < -0.39 is 12.2 Å². The van der Waals surface area contributed by atoms with E-state index in [9.17, 15) is 0 Å². The highest BCUT2D eigenvalue weighted by atomic mass is 16.3. The van der Waals surface area contributed by atoms with Crippen LogP contribution in [0.2, 0.25) is 0 Å². The topological polar surface area (TPSA) is 40.5 Å². The van der Waals surface area contributed by atoms with Crippen molar-refractivity contribution in [3.05, 3.63) is 23.8 Å². The van der Waals surface area contributed by atoms with Crippen molar-refractivity contribution in [3.8, 4) is 12.3 Å². The molecular weight excluding hydrogens is 128 g/mol. The van der Waals surface area contributed by atoms with Crippen molar-refractivity contribution in [2.24, 2.45) is 0 Å². The van der Waals surface area contributed by atoms with Gasteiger partial charge in [-0.1, -0.05) is 18.1 Å². The third-order valence-corrected chi connectivity index (χ3v) is 1.39. The molecule has 0 fully saturated rings. The lowest BCUT2D eigenvalue weighted by atomic mass is 10.0. The minimum atomic E-state index is -0.921. The first-order chi connectivity index (χ1) is 4.75. The number of allylic oxidation sites excluding steroid dienone is 2. The summed E-state index contributed by atoms with van der Waals surface area (Å²) in [5, 5.41) is 18.1. The SMILES string of the molecule is C#CC1=CC=C[C@@H](O)[C@H]1O. The summed E-state index contributed by atoms with van der Waals surface area (Å²) < 4.78 is 0. The Morgan fingerprint density at radius 3 is 2.70 bits per heavy atom. The Labute approximate surface area is 59.5 Å². The minimum Gasteiger partial charge on any atom is -0.386 e. The number of terminal acetylenes is 1. The van der Waals surface area contributed by atoms with E-state index in [0.29, 0.717) is 5.57 Å². The minimum absolute atomic E-state index is 0.426. The van der Waals surface area contributed by atoms with Crippen LogP contribution in [0, 0.1) is 12.3 Å². The van der Waals surface area contributed by atoms with Gasteiger partial charge in [-0.2, -0.15) is 0 Å². The van der Waals surface area contributed by atoms with E-state index in [2.05, 4.69) is 5.92 Å². The van der Waals surface area contributed by atoms with Crippen LogP contribution in [0.15, 0.2) is 23.8 Å². The molecule has 2 nitrogen and oxygen atoms in total. The molecule has 0 saturated carbocycles. The molecule has 0 aliphatic heterocycles. The Bertz CT molecular complexity index is 220. The zero-order chi connectivity index (χ0) is 7.56. The molecule has 2 N–H and O–H groups in total. The molecule has 52 valence electrons. The molecule has 0 bridgehead atoms. The lowest BCUT2D eigenvalue weighted by molar-refractivity contribution is 0.0745. The van der Waals surface area contributed by atoms with Crippen molar-refractivity contribution < 1.29 is 10.2 Å². The van der Waals surface area contributed by atoms with Crippen LogP contribution in [0.25, 0.3) is 0 Å². The number of hydrogen-bond donors (Lipinski definition) is 2. The smallest absolute Gasteiger partial charge is 0.116 e. The summed E-state index contributed by atoms with van der Waals surface area (Å²) in [6.07, 6.45) is 7.99. The summed E-state index contributed by atoms with van der Waals surface area (Å²) in [6.45, 7) is 0. The van der Waals surface area contributed by atoms with Crippen LogP contribution in [-0.4, -0.2) is 22.4 Å². The van der Waals surface area contributed by atoms with Crippen molar-refractivity contribution in [1.29, 1.82) is 0 Å². The Morgan fingerprint density at radius 1 is 1.50 bits per heavy atom. The summed E-state index contributed by atoms with van der Waals surface area (Å²) in [5.74, 6) is 2.28. The van der Waals surface area contributed by atoms with Crippen LogP contribution >= 0.6 is 0 Å². The van der Waals surface area contributed by atoms with E-state index in [1.165, 1.54) is 6.08 Å². The Balaban J connectivity index is 2.84. The first-order valence-electron chi connectivity index (χ1n) is 2.97. The highest BCUT2D eigenvalue weighted by Gasteiger charge is 2.18. The highest BCUT2D eigenvalue weighted by Crippen LogP contribution is 2.11. The van der Waals surface area contributed by atoms with Crippen molar-refractivity contribution >= 4 is 0 Å². The van der Waals surface area contributed by atoms with Crippen LogP contribution in [0.3, 0.4) is 0 Å². The lowest BCUT2D eigenvalue weighted by Gasteiger charge is -2.16.